The zero-order valence-electron chi connectivity index (χ0n) is 11.3. The third-order valence-electron chi connectivity index (χ3n) is 3.08. The average Bonchev–Trinajstić information content (AvgIpc) is 2.48. The summed E-state index contributed by atoms with van der Waals surface area (Å²) in [6, 6.07) is 5.54. The first kappa shape index (κ1) is 16.2. The van der Waals surface area contributed by atoms with Crippen molar-refractivity contribution in [1.29, 1.82) is 0 Å². The molecule has 1 aliphatic heterocycles. The van der Waals surface area contributed by atoms with Crippen molar-refractivity contribution in [3.8, 4) is 0 Å². The number of nitrogens with one attached hydrogen (secondary N) is 2. The van der Waals surface area contributed by atoms with Crippen LogP contribution in [0.2, 0.25) is 5.02 Å². The highest BCUT2D eigenvalue weighted by atomic mass is 35.5. The first-order valence-electron chi connectivity index (χ1n) is 6.56. The topological polar surface area (TPSA) is 84.5 Å². The van der Waals surface area contributed by atoms with Crippen LogP contribution in [-0.2, 0) is 19.4 Å². The Kier molecular flexibility index (Phi) is 5.58. The van der Waals surface area contributed by atoms with E-state index in [1.807, 2.05) is 0 Å². The molecule has 1 atom stereocenters. The zero-order chi connectivity index (χ0) is 15.3. The maximum Gasteiger partial charge on any atom is 0.239 e. The van der Waals surface area contributed by atoms with Gasteiger partial charge in [-0.05, 0) is 24.3 Å². The Morgan fingerprint density at radius 1 is 1.38 bits per heavy atom. The molecular weight excluding hydrogens is 316 g/mol. The molecule has 1 aromatic carbocycles. The smallest absolute Gasteiger partial charge is 0.239 e. The highest BCUT2D eigenvalue weighted by molar-refractivity contribution is 7.91. The van der Waals surface area contributed by atoms with Crippen molar-refractivity contribution in [3.63, 3.8) is 0 Å². The number of morpholine rings is 1. The maximum atomic E-state index is 12.1. The van der Waals surface area contributed by atoms with E-state index >= 15 is 0 Å². The van der Waals surface area contributed by atoms with Gasteiger partial charge in [-0.2, -0.15) is 0 Å². The Hall–Kier alpha value is -1.15. The highest BCUT2D eigenvalue weighted by Gasteiger charge is 2.21. The van der Waals surface area contributed by atoms with E-state index in [9.17, 15) is 13.2 Å². The molecule has 8 heteroatoms. The number of carbonyl (C=O) groups excluding carboxylic acids is 1. The van der Waals surface area contributed by atoms with Gasteiger partial charge in [0, 0.05) is 18.1 Å². The molecule has 1 aliphatic rings. The Balaban J connectivity index is 1.84. The fraction of sp³-hybridized carbons (Fsp3) is 0.462. The summed E-state index contributed by atoms with van der Waals surface area (Å²) in [4.78, 5) is 12.0. The molecule has 116 valence electrons. The molecule has 6 nitrogen and oxygen atoms in total. The van der Waals surface area contributed by atoms with Crippen LogP contribution in [0.1, 0.15) is 0 Å². The van der Waals surface area contributed by atoms with E-state index < -0.39 is 15.9 Å². The molecule has 1 amide bonds. The summed E-state index contributed by atoms with van der Waals surface area (Å²) in [5.41, 5.74) is 0. The van der Waals surface area contributed by atoms with E-state index in [0.29, 0.717) is 24.8 Å². The Bertz CT molecular complexity index is 583. The number of rotatable bonds is 5. The van der Waals surface area contributed by atoms with Crippen molar-refractivity contribution in [2.45, 2.75) is 10.9 Å². The predicted molar refractivity (Wildman–Crippen MR) is 79.1 cm³/mol. The molecular formula is C13H17ClN2O4S. The van der Waals surface area contributed by atoms with Crippen molar-refractivity contribution < 1.29 is 17.9 Å². The monoisotopic (exact) mass is 332 g/mol. The van der Waals surface area contributed by atoms with Crippen LogP contribution in [0, 0.1) is 0 Å². The van der Waals surface area contributed by atoms with E-state index in [0.717, 1.165) is 0 Å². The van der Waals surface area contributed by atoms with Gasteiger partial charge in [-0.1, -0.05) is 11.6 Å². The second kappa shape index (κ2) is 7.22. The van der Waals surface area contributed by atoms with Crippen LogP contribution in [0.15, 0.2) is 29.2 Å². The summed E-state index contributed by atoms with van der Waals surface area (Å²) in [5, 5.41) is 6.08. The van der Waals surface area contributed by atoms with Gasteiger partial charge in [-0.15, -0.1) is 0 Å². The Labute approximate surface area is 128 Å². The Morgan fingerprint density at radius 2 is 2.10 bits per heavy atom. The number of ether oxygens (including phenoxy) is 1. The fourth-order valence-electron chi connectivity index (χ4n) is 1.93. The minimum atomic E-state index is -3.43. The number of sulfone groups is 1. The number of carbonyl (C=O) groups is 1. The van der Waals surface area contributed by atoms with Crippen LogP contribution in [0.25, 0.3) is 0 Å². The third-order valence-corrected chi connectivity index (χ3v) is 5.06. The molecule has 1 aromatic rings. The van der Waals surface area contributed by atoms with E-state index in [-0.39, 0.29) is 23.1 Å². The molecule has 21 heavy (non-hydrogen) atoms. The molecule has 0 spiro atoms. The van der Waals surface area contributed by atoms with E-state index in [1.54, 1.807) is 0 Å². The van der Waals surface area contributed by atoms with Gasteiger partial charge in [0.15, 0.2) is 9.84 Å². The molecule has 1 unspecified atom stereocenters. The molecule has 0 bridgehead atoms. The van der Waals surface area contributed by atoms with Crippen LogP contribution in [0.3, 0.4) is 0 Å². The summed E-state index contributed by atoms with van der Waals surface area (Å²) in [7, 11) is -3.43. The first-order chi connectivity index (χ1) is 9.99. The summed E-state index contributed by atoms with van der Waals surface area (Å²) in [6.07, 6.45) is 0. The largest absolute Gasteiger partial charge is 0.378 e. The molecule has 0 aliphatic carbocycles. The van der Waals surface area contributed by atoms with Crippen molar-refractivity contribution in [2.75, 3.05) is 32.1 Å². The number of halogens is 1. The molecule has 1 heterocycles. The number of amides is 1. The third kappa shape index (κ3) is 4.67. The standard InChI is InChI=1S/C13H17ClN2O4S/c14-10-1-3-11(4-2-10)21(18,19)8-6-16-13(17)12-9-20-7-5-15-12/h1-4,12,15H,5-9H2,(H,16,17). The van der Waals surface area contributed by atoms with Crippen molar-refractivity contribution in [2.24, 2.45) is 0 Å². The maximum absolute atomic E-state index is 12.1. The minimum Gasteiger partial charge on any atom is -0.378 e. The lowest BCUT2D eigenvalue weighted by Crippen LogP contribution is -2.51. The summed E-state index contributed by atoms with van der Waals surface area (Å²) in [6.45, 7) is 1.55. The first-order valence-corrected chi connectivity index (χ1v) is 8.59. The van der Waals surface area contributed by atoms with Crippen molar-refractivity contribution in [1.82, 2.24) is 10.6 Å². The average molecular weight is 333 g/mol. The van der Waals surface area contributed by atoms with Gasteiger partial charge in [0.05, 0.1) is 23.9 Å². The van der Waals surface area contributed by atoms with Gasteiger partial charge in [-0.3, -0.25) is 4.79 Å². The molecule has 0 radical (unpaired) electrons. The minimum absolute atomic E-state index is 0.0575. The lowest BCUT2D eigenvalue weighted by molar-refractivity contribution is -0.125. The number of hydrogen-bond acceptors (Lipinski definition) is 5. The lowest BCUT2D eigenvalue weighted by Gasteiger charge is -2.22. The van der Waals surface area contributed by atoms with E-state index in [4.69, 9.17) is 16.3 Å². The quantitative estimate of drug-likeness (QED) is 0.805. The SMILES string of the molecule is O=C(NCCS(=O)(=O)c1ccc(Cl)cc1)C1COCCN1. The molecule has 1 fully saturated rings. The summed E-state index contributed by atoms with van der Waals surface area (Å²) >= 11 is 5.72. The molecule has 2 rings (SSSR count). The highest BCUT2D eigenvalue weighted by Crippen LogP contribution is 2.15. The van der Waals surface area contributed by atoms with E-state index in [1.165, 1.54) is 24.3 Å². The van der Waals surface area contributed by atoms with Crippen LogP contribution in [0.5, 0.6) is 0 Å². The molecule has 1 saturated heterocycles. The van der Waals surface area contributed by atoms with Gasteiger partial charge in [0.2, 0.25) is 5.91 Å². The Morgan fingerprint density at radius 3 is 2.71 bits per heavy atom. The predicted octanol–water partition coefficient (Wildman–Crippen LogP) is 0.218. The van der Waals surface area contributed by atoms with Crippen LogP contribution >= 0.6 is 11.6 Å². The van der Waals surface area contributed by atoms with Gasteiger partial charge in [0.1, 0.15) is 6.04 Å². The van der Waals surface area contributed by atoms with Gasteiger partial charge >= 0.3 is 0 Å². The van der Waals surface area contributed by atoms with Crippen molar-refractivity contribution in [3.05, 3.63) is 29.3 Å². The van der Waals surface area contributed by atoms with Gasteiger partial charge in [0.25, 0.3) is 0 Å². The normalized spacial score (nSPS) is 19.2. The lowest BCUT2D eigenvalue weighted by atomic mass is 10.2. The number of benzene rings is 1. The second-order valence-corrected chi connectivity index (χ2v) is 7.19. The van der Waals surface area contributed by atoms with Gasteiger partial charge in [-0.25, -0.2) is 8.42 Å². The van der Waals surface area contributed by atoms with E-state index in [2.05, 4.69) is 10.6 Å². The molecule has 2 N–H and O–H groups in total. The molecule has 0 aromatic heterocycles. The van der Waals surface area contributed by atoms with Crippen LogP contribution in [-0.4, -0.2) is 52.4 Å². The van der Waals surface area contributed by atoms with Crippen LogP contribution < -0.4 is 10.6 Å². The summed E-state index contributed by atoms with van der Waals surface area (Å²) < 4.78 is 29.3. The summed E-state index contributed by atoms with van der Waals surface area (Å²) in [5.74, 6) is -0.408. The van der Waals surface area contributed by atoms with Crippen LogP contribution in [0.4, 0.5) is 0 Å². The van der Waals surface area contributed by atoms with Gasteiger partial charge < -0.3 is 15.4 Å². The number of hydrogen-bond donors (Lipinski definition) is 2. The zero-order valence-corrected chi connectivity index (χ0v) is 12.9. The second-order valence-electron chi connectivity index (χ2n) is 4.65. The fourth-order valence-corrected chi connectivity index (χ4v) is 3.21. The van der Waals surface area contributed by atoms with Crippen molar-refractivity contribution >= 4 is 27.3 Å². The molecule has 0 saturated carbocycles.